The molecule has 0 radical (unpaired) electrons. The first-order chi connectivity index (χ1) is 13.7. The van der Waals surface area contributed by atoms with E-state index in [1.807, 2.05) is 6.92 Å². The van der Waals surface area contributed by atoms with Crippen LogP contribution in [0, 0.1) is 13.8 Å². The average molecular weight is 423 g/mol. The Morgan fingerprint density at radius 2 is 1.90 bits per heavy atom. The second kappa shape index (κ2) is 9.71. The fourth-order valence-corrected chi connectivity index (χ4v) is 4.03. The molecule has 0 saturated heterocycles. The van der Waals surface area contributed by atoms with Gasteiger partial charge in [0, 0.05) is 16.1 Å². The average Bonchev–Trinajstić information content (AvgIpc) is 3.20. The number of anilines is 1. The van der Waals surface area contributed by atoms with E-state index in [9.17, 15) is 19.5 Å². The number of aromatic amines is 1. The van der Waals surface area contributed by atoms with Gasteiger partial charge in [-0.05, 0) is 45.7 Å². The lowest BCUT2D eigenvalue weighted by Crippen LogP contribution is -2.22. The molecule has 2 aromatic heterocycles. The van der Waals surface area contributed by atoms with Gasteiger partial charge in [0.2, 0.25) is 0 Å². The zero-order valence-corrected chi connectivity index (χ0v) is 18.0. The number of thiophene rings is 1. The van der Waals surface area contributed by atoms with Crippen molar-refractivity contribution in [1.82, 2.24) is 4.98 Å². The molecule has 3 N–H and O–H groups in total. The zero-order chi connectivity index (χ0) is 21.7. The van der Waals surface area contributed by atoms with Gasteiger partial charge in [0.05, 0.1) is 18.3 Å². The van der Waals surface area contributed by atoms with E-state index in [0.29, 0.717) is 28.2 Å². The number of amides is 1. The summed E-state index contributed by atoms with van der Waals surface area (Å²) >= 11 is 1.28. The van der Waals surface area contributed by atoms with Gasteiger partial charge in [-0.25, -0.2) is 9.59 Å². The smallest absolute Gasteiger partial charge is 0.355 e. The van der Waals surface area contributed by atoms with Crippen molar-refractivity contribution in [3.63, 3.8) is 0 Å². The third-order valence-electron chi connectivity index (χ3n) is 4.33. The third kappa shape index (κ3) is 5.24. The van der Waals surface area contributed by atoms with Crippen molar-refractivity contribution >= 4 is 34.2 Å². The number of ether oxygens (including phenoxy) is 2. The predicted octanol–water partition coefficient (Wildman–Crippen LogP) is 3.28. The lowest BCUT2D eigenvalue weighted by atomic mass is 10.1. The van der Waals surface area contributed by atoms with E-state index in [1.54, 1.807) is 33.8 Å². The van der Waals surface area contributed by atoms with Crippen LogP contribution in [0.2, 0.25) is 0 Å². The molecule has 0 fully saturated rings. The number of H-pyrrole nitrogens is 1. The lowest BCUT2D eigenvalue weighted by molar-refractivity contribution is -0.119. The number of aliphatic hydroxyl groups excluding tert-OH is 1. The van der Waals surface area contributed by atoms with Crippen LogP contribution in [0.3, 0.4) is 0 Å². The Bertz CT molecular complexity index is 912. The summed E-state index contributed by atoms with van der Waals surface area (Å²) in [7, 11) is 0. The highest BCUT2D eigenvalue weighted by atomic mass is 32.1. The Labute approximate surface area is 173 Å². The summed E-state index contributed by atoms with van der Waals surface area (Å²) in [4.78, 5) is 40.5. The molecule has 2 rings (SSSR count). The maximum atomic E-state index is 12.3. The zero-order valence-electron chi connectivity index (χ0n) is 17.2. The molecule has 1 amide bonds. The van der Waals surface area contributed by atoms with Crippen molar-refractivity contribution < 1.29 is 29.0 Å². The third-order valence-corrected chi connectivity index (χ3v) is 5.53. The fraction of sp³-hybridized carbons (Fsp3) is 0.450. The SMILES string of the molecule is CCOC(=O)c1cc(CC)sc1NC(=O)COC(=O)c1[nH]c(C)c([C@H](C)O)c1C. The molecular formula is C20H26N2O6S. The molecule has 0 saturated carbocycles. The van der Waals surface area contributed by atoms with Crippen LogP contribution in [0.25, 0.3) is 0 Å². The van der Waals surface area contributed by atoms with Gasteiger partial charge in [-0.15, -0.1) is 11.3 Å². The minimum atomic E-state index is -0.732. The lowest BCUT2D eigenvalue weighted by Gasteiger charge is -2.08. The van der Waals surface area contributed by atoms with E-state index in [4.69, 9.17) is 9.47 Å². The molecule has 29 heavy (non-hydrogen) atoms. The van der Waals surface area contributed by atoms with Crippen LogP contribution in [-0.2, 0) is 20.7 Å². The minimum Gasteiger partial charge on any atom is -0.462 e. The molecule has 2 aromatic rings. The van der Waals surface area contributed by atoms with E-state index in [0.717, 1.165) is 4.88 Å². The van der Waals surface area contributed by atoms with E-state index >= 15 is 0 Å². The molecule has 0 aromatic carbocycles. The van der Waals surface area contributed by atoms with Gasteiger partial charge >= 0.3 is 11.9 Å². The van der Waals surface area contributed by atoms with Gasteiger partial charge in [-0.1, -0.05) is 6.92 Å². The van der Waals surface area contributed by atoms with Crippen LogP contribution >= 0.6 is 11.3 Å². The first-order valence-corrected chi connectivity index (χ1v) is 10.1. The van der Waals surface area contributed by atoms with E-state index in [1.165, 1.54) is 11.3 Å². The molecule has 2 heterocycles. The first-order valence-electron chi connectivity index (χ1n) is 9.33. The van der Waals surface area contributed by atoms with Crippen molar-refractivity contribution in [2.75, 3.05) is 18.5 Å². The van der Waals surface area contributed by atoms with Gasteiger partial charge in [0.1, 0.15) is 10.7 Å². The summed E-state index contributed by atoms with van der Waals surface area (Å²) in [6.07, 6.45) is -0.0251. The van der Waals surface area contributed by atoms with Gasteiger partial charge < -0.3 is 24.9 Å². The number of carbonyl (C=O) groups is 3. The van der Waals surface area contributed by atoms with E-state index in [-0.39, 0.29) is 17.9 Å². The molecular weight excluding hydrogens is 396 g/mol. The standard InChI is InChI=1S/C20H26N2O6S/c1-6-13-8-14(19(25)27-7-2)18(29-13)22-15(24)9-28-20(26)17-10(3)16(12(5)23)11(4)21-17/h8,12,21,23H,6-7,9H2,1-5H3,(H,22,24)/t12-/m0/s1. The number of nitrogens with one attached hydrogen (secondary N) is 2. The van der Waals surface area contributed by atoms with Crippen LogP contribution in [0.15, 0.2) is 6.07 Å². The molecule has 0 bridgehead atoms. The maximum absolute atomic E-state index is 12.3. The van der Waals surface area contributed by atoms with Crippen LogP contribution in [-0.4, -0.2) is 41.2 Å². The largest absolute Gasteiger partial charge is 0.462 e. The molecule has 0 aliphatic rings. The maximum Gasteiger partial charge on any atom is 0.355 e. The Morgan fingerprint density at radius 1 is 1.21 bits per heavy atom. The normalized spacial score (nSPS) is 11.8. The first kappa shape index (κ1) is 22.6. The monoisotopic (exact) mass is 422 g/mol. The van der Waals surface area contributed by atoms with Crippen molar-refractivity contribution in [3.8, 4) is 0 Å². The highest BCUT2D eigenvalue weighted by Gasteiger charge is 2.23. The van der Waals surface area contributed by atoms with Crippen LogP contribution in [0.1, 0.15) is 69.4 Å². The Hall–Kier alpha value is -2.65. The van der Waals surface area contributed by atoms with Crippen molar-refractivity contribution in [3.05, 3.63) is 39.0 Å². The number of aryl methyl sites for hydroxylation is 2. The van der Waals surface area contributed by atoms with E-state index in [2.05, 4.69) is 10.3 Å². The van der Waals surface area contributed by atoms with Gasteiger partial charge in [0.25, 0.3) is 5.91 Å². The molecule has 0 unspecified atom stereocenters. The van der Waals surface area contributed by atoms with Gasteiger partial charge in [-0.3, -0.25) is 4.79 Å². The number of hydrogen-bond donors (Lipinski definition) is 3. The molecule has 9 heteroatoms. The van der Waals surface area contributed by atoms with Crippen LogP contribution in [0.4, 0.5) is 5.00 Å². The summed E-state index contributed by atoms with van der Waals surface area (Å²) in [5, 5.41) is 12.8. The molecule has 8 nitrogen and oxygen atoms in total. The van der Waals surface area contributed by atoms with Gasteiger partial charge in [-0.2, -0.15) is 0 Å². The molecule has 158 valence electrons. The minimum absolute atomic E-state index is 0.197. The van der Waals surface area contributed by atoms with Crippen LogP contribution in [0.5, 0.6) is 0 Å². The quantitative estimate of drug-likeness (QED) is 0.562. The number of carbonyl (C=O) groups excluding carboxylic acids is 3. The molecule has 0 spiro atoms. The molecule has 0 aliphatic carbocycles. The Balaban J connectivity index is 2.05. The fourth-order valence-electron chi connectivity index (χ4n) is 3.03. The van der Waals surface area contributed by atoms with Crippen LogP contribution < -0.4 is 5.32 Å². The highest BCUT2D eigenvalue weighted by Crippen LogP contribution is 2.29. The summed E-state index contributed by atoms with van der Waals surface area (Å²) in [5.41, 5.74) is 2.36. The number of aromatic nitrogens is 1. The second-order valence-electron chi connectivity index (χ2n) is 6.49. The topological polar surface area (TPSA) is 118 Å². The summed E-state index contributed by atoms with van der Waals surface area (Å²) in [5.74, 6) is -1.78. The van der Waals surface area contributed by atoms with Crippen molar-refractivity contribution in [2.45, 2.75) is 47.1 Å². The van der Waals surface area contributed by atoms with E-state index < -0.39 is 30.6 Å². The Kier molecular flexibility index (Phi) is 7.58. The molecule has 1 atom stereocenters. The summed E-state index contributed by atoms with van der Waals surface area (Å²) in [6.45, 7) is 8.42. The number of esters is 2. The van der Waals surface area contributed by atoms with Crippen molar-refractivity contribution in [1.29, 1.82) is 0 Å². The Morgan fingerprint density at radius 3 is 2.45 bits per heavy atom. The highest BCUT2D eigenvalue weighted by molar-refractivity contribution is 7.16. The number of aliphatic hydroxyl groups is 1. The number of rotatable bonds is 8. The number of hydrogen-bond acceptors (Lipinski definition) is 7. The summed E-state index contributed by atoms with van der Waals surface area (Å²) < 4.78 is 10.1. The summed E-state index contributed by atoms with van der Waals surface area (Å²) in [6, 6.07) is 1.69. The predicted molar refractivity (Wildman–Crippen MR) is 109 cm³/mol. The second-order valence-corrected chi connectivity index (χ2v) is 7.63. The molecule has 0 aliphatic heterocycles. The van der Waals surface area contributed by atoms with Crippen molar-refractivity contribution in [2.24, 2.45) is 0 Å². The van der Waals surface area contributed by atoms with Gasteiger partial charge in [0.15, 0.2) is 6.61 Å².